The van der Waals surface area contributed by atoms with Crippen LogP contribution in [0.1, 0.15) is 12.8 Å². The summed E-state index contributed by atoms with van der Waals surface area (Å²) in [5.41, 5.74) is 0.675. The maximum absolute atomic E-state index is 11.6. The number of halogens is 1. The molecular weight excluding hydrogens is 238 g/mol. The fraction of sp³-hybridized carbons (Fsp3) is 0.308. The number of benzene rings is 1. The molecule has 1 amide bonds. The number of anilines is 1. The van der Waals surface area contributed by atoms with Crippen molar-refractivity contribution in [3.8, 4) is 5.75 Å². The Morgan fingerprint density at radius 1 is 1.47 bits per heavy atom. The third-order valence-electron chi connectivity index (χ3n) is 2.06. The van der Waals surface area contributed by atoms with Gasteiger partial charge in [-0.1, -0.05) is 24.8 Å². The van der Waals surface area contributed by atoms with Crippen molar-refractivity contribution >= 4 is 23.2 Å². The zero-order chi connectivity index (χ0) is 12.5. The van der Waals surface area contributed by atoms with Crippen LogP contribution in [0.2, 0.25) is 0 Å². The zero-order valence-electron chi connectivity index (χ0n) is 9.62. The second-order valence-electron chi connectivity index (χ2n) is 3.44. The second kappa shape index (κ2) is 7.74. The van der Waals surface area contributed by atoms with E-state index in [0.717, 1.165) is 0 Å². The molecule has 0 fully saturated rings. The lowest BCUT2D eigenvalue weighted by molar-refractivity contribution is -0.116. The van der Waals surface area contributed by atoms with Gasteiger partial charge in [0.15, 0.2) is 0 Å². The summed E-state index contributed by atoms with van der Waals surface area (Å²) in [6.07, 6.45) is 2.74. The number of carbonyl (C=O) groups is 1. The molecule has 1 aromatic rings. The molecule has 0 aliphatic rings. The van der Waals surface area contributed by atoms with Crippen LogP contribution in [0, 0.1) is 0 Å². The number of hydrogen-bond donors (Lipinski definition) is 1. The number of rotatable bonds is 7. The van der Waals surface area contributed by atoms with Crippen molar-refractivity contribution in [3.05, 3.63) is 36.9 Å². The van der Waals surface area contributed by atoms with E-state index in [9.17, 15) is 4.79 Å². The molecule has 1 rings (SSSR count). The summed E-state index contributed by atoms with van der Waals surface area (Å²) in [7, 11) is 0. The van der Waals surface area contributed by atoms with Gasteiger partial charge in [0.05, 0.1) is 5.69 Å². The fourth-order valence-electron chi connectivity index (χ4n) is 1.28. The topological polar surface area (TPSA) is 38.3 Å². The molecular formula is C13H16ClNO2. The van der Waals surface area contributed by atoms with E-state index in [1.807, 2.05) is 12.1 Å². The largest absolute Gasteiger partial charge is 0.487 e. The molecule has 0 heterocycles. The first kappa shape index (κ1) is 13.6. The van der Waals surface area contributed by atoms with Crippen LogP contribution in [0.25, 0.3) is 0 Å². The van der Waals surface area contributed by atoms with Gasteiger partial charge in [-0.2, -0.15) is 0 Å². The fourth-order valence-corrected chi connectivity index (χ4v) is 1.42. The van der Waals surface area contributed by atoms with Gasteiger partial charge in [0.1, 0.15) is 12.4 Å². The highest BCUT2D eigenvalue weighted by atomic mass is 35.5. The Morgan fingerprint density at radius 2 is 2.24 bits per heavy atom. The Kier molecular flexibility index (Phi) is 6.18. The summed E-state index contributed by atoms with van der Waals surface area (Å²) in [5, 5.41) is 2.80. The molecule has 0 saturated heterocycles. The molecule has 0 spiro atoms. The molecule has 0 aromatic heterocycles. The number of alkyl halides is 1. The summed E-state index contributed by atoms with van der Waals surface area (Å²) >= 11 is 5.53. The van der Waals surface area contributed by atoms with Crippen LogP contribution in [0.15, 0.2) is 36.9 Å². The molecule has 0 atom stereocenters. The van der Waals surface area contributed by atoms with Crippen LogP contribution >= 0.6 is 11.6 Å². The lowest BCUT2D eigenvalue weighted by Gasteiger charge is -2.10. The molecule has 17 heavy (non-hydrogen) atoms. The quantitative estimate of drug-likeness (QED) is 0.599. The highest BCUT2D eigenvalue weighted by molar-refractivity contribution is 6.18. The molecule has 0 bridgehead atoms. The van der Waals surface area contributed by atoms with E-state index in [4.69, 9.17) is 16.3 Å². The molecule has 92 valence electrons. The van der Waals surface area contributed by atoms with E-state index in [1.165, 1.54) is 0 Å². The number of para-hydroxylation sites is 2. The van der Waals surface area contributed by atoms with Gasteiger partial charge in [-0.05, 0) is 18.6 Å². The lowest BCUT2D eigenvalue weighted by atomic mass is 10.2. The smallest absolute Gasteiger partial charge is 0.224 e. The predicted octanol–water partition coefficient (Wildman–Crippen LogP) is 3.21. The van der Waals surface area contributed by atoms with Gasteiger partial charge < -0.3 is 10.1 Å². The normalized spacial score (nSPS) is 9.71. The maximum Gasteiger partial charge on any atom is 0.224 e. The molecule has 4 heteroatoms. The average molecular weight is 254 g/mol. The second-order valence-corrected chi connectivity index (χ2v) is 3.81. The summed E-state index contributed by atoms with van der Waals surface area (Å²) in [5.74, 6) is 1.08. The van der Waals surface area contributed by atoms with Crippen molar-refractivity contribution in [2.45, 2.75) is 12.8 Å². The standard InChI is InChI=1S/C13H16ClNO2/c1-2-10-17-12-7-4-3-6-11(12)15-13(16)8-5-9-14/h2-4,6-7H,1,5,8-10H2,(H,15,16). The summed E-state index contributed by atoms with van der Waals surface area (Å²) < 4.78 is 5.43. The monoisotopic (exact) mass is 253 g/mol. The van der Waals surface area contributed by atoms with Crippen molar-refractivity contribution in [3.63, 3.8) is 0 Å². The molecule has 0 saturated carbocycles. The van der Waals surface area contributed by atoms with Gasteiger partial charge in [0.2, 0.25) is 5.91 Å². The predicted molar refractivity (Wildman–Crippen MR) is 70.7 cm³/mol. The van der Waals surface area contributed by atoms with Gasteiger partial charge >= 0.3 is 0 Å². The molecule has 1 aromatic carbocycles. The van der Waals surface area contributed by atoms with Crippen molar-refractivity contribution in [1.29, 1.82) is 0 Å². The van der Waals surface area contributed by atoms with Crippen molar-refractivity contribution < 1.29 is 9.53 Å². The van der Waals surface area contributed by atoms with E-state index in [-0.39, 0.29) is 5.91 Å². The number of nitrogens with one attached hydrogen (secondary N) is 1. The molecule has 0 aliphatic heterocycles. The molecule has 1 N–H and O–H groups in total. The Morgan fingerprint density at radius 3 is 2.94 bits per heavy atom. The minimum absolute atomic E-state index is 0.0553. The van der Waals surface area contributed by atoms with Crippen molar-refractivity contribution in [2.24, 2.45) is 0 Å². The Labute approximate surface area is 106 Å². The van der Waals surface area contributed by atoms with Crippen LogP contribution < -0.4 is 10.1 Å². The van der Waals surface area contributed by atoms with Gasteiger partial charge in [-0.15, -0.1) is 11.6 Å². The molecule has 0 radical (unpaired) electrons. The van der Waals surface area contributed by atoms with Crippen LogP contribution in [0.4, 0.5) is 5.69 Å². The number of ether oxygens (including phenoxy) is 1. The minimum atomic E-state index is -0.0553. The summed E-state index contributed by atoms with van der Waals surface area (Å²) in [6.45, 7) is 3.99. The Bertz CT molecular complexity index is 379. The van der Waals surface area contributed by atoms with Gasteiger partial charge in [0.25, 0.3) is 0 Å². The highest BCUT2D eigenvalue weighted by Gasteiger charge is 2.06. The number of hydrogen-bond acceptors (Lipinski definition) is 2. The molecule has 0 unspecified atom stereocenters. The van der Waals surface area contributed by atoms with Gasteiger partial charge in [-0.3, -0.25) is 4.79 Å². The van der Waals surface area contributed by atoms with Gasteiger partial charge in [0, 0.05) is 12.3 Å². The van der Waals surface area contributed by atoms with E-state index >= 15 is 0 Å². The maximum atomic E-state index is 11.6. The van der Waals surface area contributed by atoms with Crippen LogP contribution in [-0.4, -0.2) is 18.4 Å². The third-order valence-corrected chi connectivity index (χ3v) is 2.32. The highest BCUT2D eigenvalue weighted by Crippen LogP contribution is 2.23. The van der Waals surface area contributed by atoms with Crippen molar-refractivity contribution in [2.75, 3.05) is 17.8 Å². The first-order valence-corrected chi connectivity index (χ1v) is 6.00. The average Bonchev–Trinajstić information content (AvgIpc) is 2.35. The molecule has 0 aliphatic carbocycles. The first-order chi connectivity index (χ1) is 8.27. The van der Waals surface area contributed by atoms with E-state index in [2.05, 4.69) is 11.9 Å². The van der Waals surface area contributed by atoms with Crippen LogP contribution in [-0.2, 0) is 4.79 Å². The molecule has 3 nitrogen and oxygen atoms in total. The van der Waals surface area contributed by atoms with Crippen LogP contribution in [0.3, 0.4) is 0 Å². The first-order valence-electron chi connectivity index (χ1n) is 5.46. The van der Waals surface area contributed by atoms with E-state index < -0.39 is 0 Å². The summed E-state index contributed by atoms with van der Waals surface area (Å²) in [4.78, 5) is 11.6. The summed E-state index contributed by atoms with van der Waals surface area (Å²) in [6, 6.07) is 7.31. The SMILES string of the molecule is C=CCOc1ccccc1NC(=O)CCCCl. The van der Waals surface area contributed by atoms with Crippen molar-refractivity contribution in [1.82, 2.24) is 0 Å². The zero-order valence-corrected chi connectivity index (χ0v) is 10.4. The van der Waals surface area contributed by atoms with Crippen LogP contribution in [0.5, 0.6) is 5.75 Å². The van der Waals surface area contributed by atoms with E-state index in [1.54, 1.807) is 18.2 Å². The number of amides is 1. The van der Waals surface area contributed by atoms with E-state index in [0.29, 0.717) is 36.8 Å². The Hall–Kier alpha value is -1.48. The third kappa shape index (κ3) is 4.91. The number of carbonyl (C=O) groups excluding carboxylic acids is 1. The van der Waals surface area contributed by atoms with Gasteiger partial charge in [-0.25, -0.2) is 0 Å². The Balaban J connectivity index is 2.62. The lowest BCUT2D eigenvalue weighted by Crippen LogP contribution is -2.12. The minimum Gasteiger partial charge on any atom is -0.487 e.